The van der Waals surface area contributed by atoms with Crippen LogP contribution in [0.3, 0.4) is 0 Å². The maximum atomic E-state index is 5.88. The molecule has 2 aromatic heterocycles. The third kappa shape index (κ3) is 3.09. The minimum atomic E-state index is 0.290. The predicted molar refractivity (Wildman–Crippen MR) is 74.0 cm³/mol. The first-order valence-electron chi connectivity index (χ1n) is 6.66. The molecule has 1 fully saturated rings. The quantitative estimate of drug-likeness (QED) is 0.914. The molecule has 0 radical (unpaired) electrons. The maximum Gasteiger partial charge on any atom is 0.213 e. The van der Waals surface area contributed by atoms with E-state index in [9.17, 15) is 0 Å². The lowest BCUT2D eigenvalue weighted by Crippen LogP contribution is -2.34. The average Bonchev–Trinajstić information content (AvgIpc) is 2.50. The summed E-state index contributed by atoms with van der Waals surface area (Å²) in [4.78, 5) is 8.49. The number of rotatable bonds is 3. The van der Waals surface area contributed by atoms with Gasteiger partial charge in [0.15, 0.2) is 0 Å². The van der Waals surface area contributed by atoms with Gasteiger partial charge in [-0.25, -0.2) is 4.98 Å². The van der Waals surface area contributed by atoms with Crippen LogP contribution >= 0.6 is 0 Å². The summed E-state index contributed by atoms with van der Waals surface area (Å²) in [6.07, 6.45) is 7.83. The predicted octanol–water partition coefficient (Wildman–Crippen LogP) is 2.27. The van der Waals surface area contributed by atoms with Gasteiger partial charge in [0.2, 0.25) is 5.88 Å². The molecule has 0 aliphatic carbocycles. The molecule has 1 aliphatic heterocycles. The van der Waals surface area contributed by atoms with Crippen molar-refractivity contribution in [2.45, 2.75) is 18.9 Å². The number of nitrogens with zero attached hydrogens (tertiary/aromatic N) is 2. The fourth-order valence-electron chi connectivity index (χ4n) is 2.24. The number of aromatic nitrogens is 2. The highest BCUT2D eigenvalue weighted by molar-refractivity contribution is 5.61. The first kappa shape index (κ1) is 12.1. The Labute approximate surface area is 112 Å². The van der Waals surface area contributed by atoms with Gasteiger partial charge >= 0.3 is 0 Å². The molecule has 0 amide bonds. The second kappa shape index (κ2) is 5.80. The summed E-state index contributed by atoms with van der Waals surface area (Å²) in [5, 5.41) is 3.32. The van der Waals surface area contributed by atoms with E-state index in [1.807, 2.05) is 36.7 Å². The number of piperidine rings is 1. The van der Waals surface area contributed by atoms with Crippen molar-refractivity contribution in [2.24, 2.45) is 0 Å². The van der Waals surface area contributed by atoms with Gasteiger partial charge in [-0.2, -0.15) is 0 Å². The zero-order valence-electron chi connectivity index (χ0n) is 10.7. The molecular weight excluding hydrogens is 238 g/mol. The van der Waals surface area contributed by atoms with Gasteiger partial charge < -0.3 is 10.1 Å². The van der Waals surface area contributed by atoms with Gasteiger partial charge in [-0.1, -0.05) is 6.07 Å². The Bertz CT molecular complexity index is 507. The second-order valence-corrected chi connectivity index (χ2v) is 4.69. The van der Waals surface area contributed by atoms with Gasteiger partial charge in [0.25, 0.3) is 0 Å². The fraction of sp³-hybridized carbons (Fsp3) is 0.333. The van der Waals surface area contributed by atoms with Gasteiger partial charge in [-0.3, -0.25) is 4.98 Å². The zero-order valence-corrected chi connectivity index (χ0v) is 10.7. The van der Waals surface area contributed by atoms with Gasteiger partial charge in [0.1, 0.15) is 6.10 Å². The number of hydrogen-bond acceptors (Lipinski definition) is 4. The van der Waals surface area contributed by atoms with E-state index >= 15 is 0 Å². The van der Waals surface area contributed by atoms with Crippen molar-refractivity contribution in [3.8, 4) is 17.0 Å². The van der Waals surface area contributed by atoms with Crippen molar-refractivity contribution in [2.75, 3.05) is 13.1 Å². The van der Waals surface area contributed by atoms with Crippen molar-refractivity contribution >= 4 is 0 Å². The summed E-state index contributed by atoms with van der Waals surface area (Å²) in [7, 11) is 0. The Morgan fingerprint density at radius 1 is 1.05 bits per heavy atom. The van der Waals surface area contributed by atoms with E-state index in [4.69, 9.17) is 4.74 Å². The summed E-state index contributed by atoms with van der Waals surface area (Å²) < 4.78 is 5.88. The molecule has 2 aromatic rings. The van der Waals surface area contributed by atoms with Crippen LogP contribution in [0.2, 0.25) is 0 Å². The zero-order chi connectivity index (χ0) is 12.9. The SMILES string of the molecule is c1cncc(-c2ccc(OC3CCNCC3)nc2)c1. The molecule has 0 bridgehead atoms. The molecule has 0 unspecified atom stereocenters. The Hall–Kier alpha value is -1.94. The smallest absolute Gasteiger partial charge is 0.213 e. The van der Waals surface area contributed by atoms with E-state index in [1.54, 1.807) is 6.20 Å². The molecule has 4 nitrogen and oxygen atoms in total. The minimum Gasteiger partial charge on any atom is -0.474 e. The summed E-state index contributed by atoms with van der Waals surface area (Å²) in [6.45, 7) is 2.05. The lowest BCUT2D eigenvalue weighted by atomic mass is 10.1. The van der Waals surface area contributed by atoms with Crippen LogP contribution in [0.15, 0.2) is 42.9 Å². The van der Waals surface area contributed by atoms with Gasteiger partial charge in [-0.15, -0.1) is 0 Å². The molecule has 0 saturated carbocycles. The summed E-state index contributed by atoms with van der Waals surface area (Å²) in [5.74, 6) is 0.708. The van der Waals surface area contributed by atoms with Crippen LogP contribution in [-0.4, -0.2) is 29.2 Å². The molecule has 0 aromatic carbocycles. The summed E-state index contributed by atoms with van der Waals surface area (Å²) >= 11 is 0. The van der Waals surface area contributed by atoms with Gasteiger partial charge in [-0.05, 0) is 38.1 Å². The van der Waals surface area contributed by atoms with Crippen LogP contribution in [0.5, 0.6) is 5.88 Å². The minimum absolute atomic E-state index is 0.290. The summed E-state index contributed by atoms with van der Waals surface area (Å²) in [5.41, 5.74) is 2.13. The Morgan fingerprint density at radius 3 is 2.58 bits per heavy atom. The number of pyridine rings is 2. The standard InChI is InChI=1S/C15H17N3O/c1-2-12(10-17-7-1)13-3-4-15(18-11-13)19-14-5-8-16-9-6-14/h1-4,7,10-11,14,16H,5-6,8-9H2. The van der Waals surface area contributed by atoms with Crippen LogP contribution in [0.1, 0.15) is 12.8 Å². The second-order valence-electron chi connectivity index (χ2n) is 4.69. The van der Waals surface area contributed by atoms with Crippen LogP contribution in [0, 0.1) is 0 Å². The molecule has 0 atom stereocenters. The van der Waals surface area contributed by atoms with Crippen LogP contribution in [0.4, 0.5) is 0 Å². The van der Waals surface area contributed by atoms with Crippen molar-refractivity contribution in [1.82, 2.24) is 15.3 Å². The van der Waals surface area contributed by atoms with E-state index in [-0.39, 0.29) is 6.10 Å². The lowest BCUT2D eigenvalue weighted by Gasteiger charge is -2.23. The molecular formula is C15H17N3O. The Balaban J connectivity index is 1.68. The summed E-state index contributed by atoms with van der Waals surface area (Å²) in [6, 6.07) is 7.91. The van der Waals surface area contributed by atoms with Crippen molar-refractivity contribution in [3.05, 3.63) is 42.9 Å². The van der Waals surface area contributed by atoms with Gasteiger partial charge in [0, 0.05) is 35.8 Å². The topological polar surface area (TPSA) is 47.0 Å². The fourth-order valence-corrected chi connectivity index (χ4v) is 2.24. The number of nitrogens with one attached hydrogen (secondary N) is 1. The molecule has 0 spiro atoms. The van der Waals surface area contributed by atoms with E-state index in [1.165, 1.54) is 0 Å². The maximum absolute atomic E-state index is 5.88. The van der Waals surface area contributed by atoms with Crippen LogP contribution in [-0.2, 0) is 0 Å². The highest BCUT2D eigenvalue weighted by atomic mass is 16.5. The molecule has 1 aliphatic rings. The molecule has 3 heterocycles. The van der Waals surface area contributed by atoms with E-state index in [0.717, 1.165) is 37.1 Å². The molecule has 1 saturated heterocycles. The van der Waals surface area contributed by atoms with Gasteiger partial charge in [0.05, 0.1) is 0 Å². The number of hydrogen-bond donors (Lipinski definition) is 1. The monoisotopic (exact) mass is 255 g/mol. The first-order chi connectivity index (χ1) is 9.42. The molecule has 1 N–H and O–H groups in total. The highest BCUT2D eigenvalue weighted by Gasteiger charge is 2.14. The van der Waals surface area contributed by atoms with E-state index in [0.29, 0.717) is 5.88 Å². The Kier molecular flexibility index (Phi) is 3.70. The normalized spacial score (nSPS) is 16.2. The molecule has 98 valence electrons. The first-order valence-corrected chi connectivity index (χ1v) is 6.66. The van der Waals surface area contributed by atoms with Crippen molar-refractivity contribution < 1.29 is 4.74 Å². The third-order valence-corrected chi connectivity index (χ3v) is 3.30. The molecule has 3 rings (SSSR count). The largest absolute Gasteiger partial charge is 0.474 e. The third-order valence-electron chi connectivity index (χ3n) is 3.30. The Morgan fingerprint density at radius 2 is 1.89 bits per heavy atom. The van der Waals surface area contributed by atoms with Crippen LogP contribution in [0.25, 0.3) is 11.1 Å². The lowest BCUT2D eigenvalue weighted by molar-refractivity contribution is 0.156. The number of ether oxygens (including phenoxy) is 1. The van der Waals surface area contributed by atoms with Crippen LogP contribution < -0.4 is 10.1 Å². The molecule has 19 heavy (non-hydrogen) atoms. The van der Waals surface area contributed by atoms with Crippen molar-refractivity contribution in [1.29, 1.82) is 0 Å². The van der Waals surface area contributed by atoms with E-state index in [2.05, 4.69) is 15.3 Å². The van der Waals surface area contributed by atoms with Crippen molar-refractivity contribution in [3.63, 3.8) is 0 Å². The molecule has 4 heteroatoms. The highest BCUT2D eigenvalue weighted by Crippen LogP contribution is 2.20. The average molecular weight is 255 g/mol. The van der Waals surface area contributed by atoms with E-state index < -0.39 is 0 Å².